The van der Waals surface area contributed by atoms with E-state index >= 15 is 0 Å². The Balaban J connectivity index is 3.38. The van der Waals surface area contributed by atoms with Crippen molar-refractivity contribution in [2.24, 2.45) is 0 Å². The zero-order valence-corrected chi connectivity index (χ0v) is 8.76. The van der Waals surface area contributed by atoms with E-state index in [1.165, 1.54) is 0 Å². The third kappa shape index (κ3) is 2.47. The minimum Gasteiger partial charge on any atom is -0.477 e. The molecular weight excluding hydrogens is 279 g/mol. The molecule has 0 aliphatic rings. The third-order valence-corrected chi connectivity index (χ3v) is 2.22. The van der Waals surface area contributed by atoms with Gasteiger partial charge in [-0.2, -0.15) is 0 Å². The van der Waals surface area contributed by atoms with Crippen LogP contribution in [0.25, 0.3) is 0 Å². The van der Waals surface area contributed by atoms with Gasteiger partial charge in [0.15, 0.2) is 5.69 Å². The second-order valence-electron chi connectivity index (χ2n) is 2.59. The van der Waals surface area contributed by atoms with Crippen molar-refractivity contribution < 1.29 is 23.1 Å². The van der Waals surface area contributed by atoms with E-state index in [1.807, 2.05) is 0 Å². The van der Waals surface area contributed by atoms with Crippen LogP contribution < -0.4 is 0 Å². The smallest absolute Gasteiger partial charge is 0.354 e. The number of halogens is 4. The van der Waals surface area contributed by atoms with Gasteiger partial charge in [0, 0.05) is 17.0 Å². The maximum absolute atomic E-state index is 13.2. The molecule has 0 aliphatic heterocycles. The van der Waals surface area contributed by atoms with Gasteiger partial charge in [-0.3, -0.25) is 0 Å². The Kier molecular flexibility index (Phi) is 3.67. The monoisotopic (exact) mass is 283 g/mol. The van der Waals surface area contributed by atoms with E-state index in [4.69, 9.17) is 5.11 Å². The van der Waals surface area contributed by atoms with Gasteiger partial charge in [-0.1, -0.05) is 15.9 Å². The van der Waals surface area contributed by atoms with Crippen molar-refractivity contribution in [2.75, 3.05) is 0 Å². The highest BCUT2D eigenvalue weighted by Gasteiger charge is 2.21. The molecule has 0 aromatic carbocycles. The predicted octanol–water partition coefficient (Wildman–Crippen LogP) is 2.75. The number of alkyl halides is 3. The Morgan fingerprint density at radius 3 is 2.60 bits per heavy atom. The molecule has 15 heavy (non-hydrogen) atoms. The molecule has 1 aromatic heterocycles. The number of nitrogens with zero attached hydrogens (tertiary/aromatic N) is 1. The Hall–Kier alpha value is -1.11. The summed E-state index contributed by atoms with van der Waals surface area (Å²) in [5, 5.41) is 8.35. The minimum atomic E-state index is -3.01. The fraction of sp³-hybridized carbons (Fsp3) is 0.250. The first kappa shape index (κ1) is 12.0. The van der Waals surface area contributed by atoms with Crippen molar-refractivity contribution in [1.29, 1.82) is 0 Å². The minimum absolute atomic E-state index is 0.147. The topological polar surface area (TPSA) is 50.2 Å². The van der Waals surface area contributed by atoms with E-state index in [2.05, 4.69) is 20.9 Å². The zero-order chi connectivity index (χ0) is 11.6. The Labute approximate surface area is 91.1 Å². The normalized spacial score (nSPS) is 10.7. The van der Waals surface area contributed by atoms with Crippen molar-refractivity contribution in [1.82, 2.24) is 4.98 Å². The van der Waals surface area contributed by atoms with Crippen LogP contribution in [0.1, 0.15) is 28.2 Å². The van der Waals surface area contributed by atoms with E-state index in [9.17, 15) is 18.0 Å². The van der Waals surface area contributed by atoms with Crippen LogP contribution in [-0.4, -0.2) is 16.1 Å². The quantitative estimate of drug-likeness (QED) is 0.868. The molecule has 0 atom stereocenters. The molecule has 1 N–H and O–H groups in total. The second kappa shape index (κ2) is 4.61. The molecule has 0 amide bonds. The maximum Gasteiger partial charge on any atom is 0.354 e. The number of carboxylic acid groups (broad SMARTS) is 1. The largest absolute Gasteiger partial charge is 0.477 e. The van der Waals surface area contributed by atoms with E-state index in [-0.39, 0.29) is 10.9 Å². The molecule has 82 valence electrons. The molecule has 0 saturated carbocycles. The molecule has 3 nitrogen and oxygen atoms in total. The number of carboxylic acids is 1. The molecule has 1 heterocycles. The van der Waals surface area contributed by atoms with Crippen LogP contribution in [0, 0.1) is 5.82 Å². The molecule has 1 aromatic rings. The van der Waals surface area contributed by atoms with Gasteiger partial charge in [0.05, 0.1) is 0 Å². The number of rotatable bonds is 3. The molecule has 0 saturated heterocycles. The van der Waals surface area contributed by atoms with Crippen LogP contribution in [0.5, 0.6) is 0 Å². The average molecular weight is 284 g/mol. The van der Waals surface area contributed by atoms with E-state index in [0.29, 0.717) is 6.07 Å². The molecule has 7 heteroatoms. The molecule has 0 spiro atoms. The summed E-state index contributed by atoms with van der Waals surface area (Å²) in [4.78, 5) is 13.6. The van der Waals surface area contributed by atoms with Crippen LogP contribution in [0.4, 0.5) is 13.2 Å². The Morgan fingerprint density at radius 2 is 2.20 bits per heavy atom. The van der Waals surface area contributed by atoms with Crippen LogP contribution >= 0.6 is 15.9 Å². The van der Waals surface area contributed by atoms with Crippen LogP contribution in [0.2, 0.25) is 0 Å². The van der Waals surface area contributed by atoms with Gasteiger partial charge in [0.1, 0.15) is 11.5 Å². The fourth-order valence-corrected chi connectivity index (χ4v) is 1.54. The summed E-state index contributed by atoms with van der Waals surface area (Å²) in [7, 11) is 0. The van der Waals surface area contributed by atoms with Crippen LogP contribution in [0.15, 0.2) is 6.07 Å². The van der Waals surface area contributed by atoms with Gasteiger partial charge in [-0.05, 0) is 0 Å². The average Bonchev–Trinajstić information content (AvgIpc) is 2.16. The van der Waals surface area contributed by atoms with Gasteiger partial charge < -0.3 is 5.11 Å². The van der Waals surface area contributed by atoms with Gasteiger partial charge in [0.2, 0.25) is 0 Å². The standard InChI is InChI=1S/C8H5BrF3NO2/c9-2-3-4(10)1-5(8(14)15)13-6(3)7(11)12/h1,7H,2H2,(H,14,15). The first-order valence-corrected chi connectivity index (χ1v) is 4.86. The number of carbonyl (C=O) groups is 1. The fourth-order valence-electron chi connectivity index (χ4n) is 0.981. The molecule has 0 radical (unpaired) electrons. The number of hydrogen-bond acceptors (Lipinski definition) is 2. The van der Waals surface area contributed by atoms with Gasteiger partial charge in [0.25, 0.3) is 6.43 Å². The van der Waals surface area contributed by atoms with Crippen molar-refractivity contribution in [3.05, 3.63) is 28.8 Å². The molecular formula is C8H5BrF3NO2. The van der Waals surface area contributed by atoms with Crippen LogP contribution in [0.3, 0.4) is 0 Å². The Morgan fingerprint density at radius 1 is 1.60 bits per heavy atom. The second-order valence-corrected chi connectivity index (χ2v) is 3.15. The van der Waals surface area contributed by atoms with E-state index < -0.39 is 29.6 Å². The maximum atomic E-state index is 13.2. The number of hydrogen-bond donors (Lipinski definition) is 1. The molecule has 0 fully saturated rings. The lowest BCUT2D eigenvalue weighted by molar-refractivity contribution is 0.0688. The van der Waals surface area contributed by atoms with Crippen molar-refractivity contribution in [2.45, 2.75) is 11.8 Å². The lowest BCUT2D eigenvalue weighted by Gasteiger charge is -2.07. The number of aromatic nitrogens is 1. The van der Waals surface area contributed by atoms with Crippen molar-refractivity contribution >= 4 is 21.9 Å². The lowest BCUT2D eigenvalue weighted by Crippen LogP contribution is -2.08. The highest BCUT2D eigenvalue weighted by atomic mass is 79.9. The van der Waals surface area contributed by atoms with Crippen molar-refractivity contribution in [3.63, 3.8) is 0 Å². The van der Waals surface area contributed by atoms with Gasteiger partial charge >= 0.3 is 5.97 Å². The molecule has 0 bridgehead atoms. The van der Waals surface area contributed by atoms with Crippen LogP contribution in [-0.2, 0) is 5.33 Å². The summed E-state index contributed by atoms with van der Waals surface area (Å²) in [5.74, 6) is -2.55. The molecule has 1 rings (SSSR count). The molecule has 0 aliphatic carbocycles. The highest BCUT2D eigenvalue weighted by Crippen LogP contribution is 2.25. The summed E-state index contributed by atoms with van der Waals surface area (Å²) >= 11 is 2.83. The highest BCUT2D eigenvalue weighted by molar-refractivity contribution is 9.08. The summed E-state index contributed by atoms with van der Waals surface area (Å²) in [6.07, 6.45) is -3.01. The van der Waals surface area contributed by atoms with Crippen molar-refractivity contribution in [3.8, 4) is 0 Å². The van der Waals surface area contributed by atoms with Gasteiger partial charge in [-0.25, -0.2) is 22.9 Å². The zero-order valence-electron chi connectivity index (χ0n) is 7.18. The van der Waals surface area contributed by atoms with Gasteiger partial charge in [-0.15, -0.1) is 0 Å². The van der Waals surface area contributed by atoms with E-state index in [1.54, 1.807) is 0 Å². The predicted molar refractivity (Wildman–Crippen MR) is 48.7 cm³/mol. The first-order chi connectivity index (χ1) is 6.97. The summed E-state index contributed by atoms with van der Waals surface area (Å²) < 4.78 is 38.0. The SMILES string of the molecule is O=C(O)c1cc(F)c(CBr)c(C(F)F)n1. The first-order valence-electron chi connectivity index (χ1n) is 3.74. The number of aromatic carboxylic acids is 1. The van der Waals surface area contributed by atoms with E-state index in [0.717, 1.165) is 0 Å². The summed E-state index contributed by atoms with van der Waals surface area (Å²) in [6.45, 7) is 0. The Bertz CT molecular complexity index is 398. The third-order valence-electron chi connectivity index (χ3n) is 1.66. The summed E-state index contributed by atoms with van der Waals surface area (Å²) in [6, 6.07) is 0.616. The lowest BCUT2D eigenvalue weighted by atomic mass is 10.2. The summed E-state index contributed by atoms with van der Waals surface area (Å²) in [5.41, 5.74) is -1.90. The molecule has 0 unspecified atom stereocenters. The number of pyridine rings is 1.